The molecular weight excluding hydrogens is 374 g/mol. The molecule has 3 aromatic heterocycles. The van der Waals surface area contributed by atoms with Crippen molar-refractivity contribution < 1.29 is 0 Å². The van der Waals surface area contributed by atoms with E-state index in [1.54, 1.807) is 22.7 Å². The van der Waals surface area contributed by atoms with Gasteiger partial charge in [-0.1, -0.05) is 18.2 Å². The minimum absolute atomic E-state index is 0.0393. The van der Waals surface area contributed by atoms with Gasteiger partial charge in [-0.05, 0) is 43.5 Å². The molecule has 4 heterocycles. The second-order valence-electron chi connectivity index (χ2n) is 6.91. The number of nitrogens with one attached hydrogen (secondary N) is 1. The average molecular weight is 394 g/mol. The Bertz CT molecular complexity index is 1190. The summed E-state index contributed by atoms with van der Waals surface area (Å²) in [4.78, 5) is 26.2. The highest BCUT2D eigenvalue weighted by Gasteiger charge is 2.19. The molecule has 1 aliphatic heterocycles. The van der Waals surface area contributed by atoms with Gasteiger partial charge in [0.1, 0.15) is 10.7 Å². The van der Waals surface area contributed by atoms with E-state index in [9.17, 15) is 4.79 Å². The summed E-state index contributed by atoms with van der Waals surface area (Å²) in [6.07, 6.45) is 2.24. The lowest BCUT2D eigenvalue weighted by molar-refractivity contribution is 0.674. The van der Waals surface area contributed by atoms with Crippen LogP contribution in [0.2, 0.25) is 0 Å². The van der Waals surface area contributed by atoms with Gasteiger partial charge < -0.3 is 9.88 Å². The number of nitrogens with zero attached hydrogens (tertiary/aromatic N) is 2. The summed E-state index contributed by atoms with van der Waals surface area (Å²) < 4.78 is 0. The summed E-state index contributed by atoms with van der Waals surface area (Å²) in [6.45, 7) is 3.70. The summed E-state index contributed by atoms with van der Waals surface area (Å²) in [5.41, 5.74) is 3.59. The van der Waals surface area contributed by atoms with Crippen LogP contribution in [-0.2, 0) is 13.0 Å². The van der Waals surface area contributed by atoms with Gasteiger partial charge in [0.15, 0.2) is 0 Å². The van der Waals surface area contributed by atoms with Gasteiger partial charge in [0, 0.05) is 32.9 Å². The number of hydrogen-bond acceptors (Lipinski definition) is 5. The standard InChI is InChI=1S/C21H19N3OS2/c1-13-8-9-17(27-13)15-12-26-21-19(15)20(25)22-18(23-21)11-24-10-4-6-14-5-2-3-7-16(14)24/h2-3,5,7-9,12H,4,6,10-11H2,1H3,(H,22,23,25). The van der Waals surface area contributed by atoms with Gasteiger partial charge in [0.2, 0.25) is 0 Å². The number of anilines is 1. The lowest BCUT2D eigenvalue weighted by Gasteiger charge is -2.30. The zero-order chi connectivity index (χ0) is 18.4. The van der Waals surface area contributed by atoms with Crippen LogP contribution >= 0.6 is 22.7 Å². The monoisotopic (exact) mass is 393 g/mol. The van der Waals surface area contributed by atoms with Crippen LogP contribution in [0.15, 0.2) is 46.6 Å². The fourth-order valence-corrected chi connectivity index (χ4v) is 5.71. The molecule has 5 rings (SSSR count). The molecule has 1 aliphatic rings. The average Bonchev–Trinajstić information content (AvgIpc) is 3.28. The molecule has 4 nitrogen and oxygen atoms in total. The van der Waals surface area contributed by atoms with Crippen LogP contribution in [0.3, 0.4) is 0 Å². The fourth-order valence-electron chi connectivity index (χ4n) is 3.79. The third kappa shape index (κ3) is 2.99. The molecule has 0 atom stereocenters. The minimum atomic E-state index is -0.0393. The molecule has 0 fully saturated rings. The number of rotatable bonds is 3. The number of H-pyrrole nitrogens is 1. The normalized spacial score (nSPS) is 13.9. The Morgan fingerprint density at radius 2 is 2.11 bits per heavy atom. The van der Waals surface area contributed by atoms with E-state index in [2.05, 4.69) is 58.6 Å². The summed E-state index contributed by atoms with van der Waals surface area (Å²) in [5.74, 6) is 0.736. The van der Waals surface area contributed by atoms with Crippen LogP contribution in [0, 0.1) is 6.92 Å². The molecule has 0 aliphatic carbocycles. The lowest BCUT2D eigenvalue weighted by Crippen LogP contribution is -2.30. The lowest BCUT2D eigenvalue weighted by atomic mass is 10.0. The van der Waals surface area contributed by atoms with Crippen molar-refractivity contribution in [2.75, 3.05) is 11.4 Å². The summed E-state index contributed by atoms with van der Waals surface area (Å²) in [5, 5.41) is 2.77. The topological polar surface area (TPSA) is 49.0 Å². The van der Waals surface area contributed by atoms with Crippen molar-refractivity contribution in [3.8, 4) is 10.4 Å². The Morgan fingerprint density at radius 1 is 1.22 bits per heavy atom. The molecule has 1 N–H and O–H groups in total. The van der Waals surface area contributed by atoms with E-state index in [0.29, 0.717) is 11.9 Å². The van der Waals surface area contributed by atoms with Gasteiger partial charge in [-0.25, -0.2) is 4.98 Å². The summed E-state index contributed by atoms with van der Waals surface area (Å²) in [6, 6.07) is 12.7. The zero-order valence-corrected chi connectivity index (χ0v) is 16.6. The van der Waals surface area contributed by atoms with Gasteiger partial charge in [-0.3, -0.25) is 4.79 Å². The number of hydrogen-bond donors (Lipinski definition) is 1. The Morgan fingerprint density at radius 3 is 2.96 bits per heavy atom. The molecule has 0 saturated heterocycles. The third-order valence-electron chi connectivity index (χ3n) is 5.05. The number of fused-ring (bicyclic) bond motifs is 2. The first-order chi connectivity index (χ1) is 13.2. The molecule has 0 amide bonds. The number of aromatic amines is 1. The Balaban J connectivity index is 1.52. The molecule has 27 heavy (non-hydrogen) atoms. The van der Waals surface area contributed by atoms with E-state index in [-0.39, 0.29) is 5.56 Å². The number of aryl methyl sites for hydroxylation is 2. The van der Waals surface area contributed by atoms with Gasteiger partial charge in [-0.2, -0.15) is 0 Å². The van der Waals surface area contributed by atoms with E-state index in [1.165, 1.54) is 16.1 Å². The van der Waals surface area contributed by atoms with E-state index < -0.39 is 0 Å². The molecule has 136 valence electrons. The highest BCUT2D eigenvalue weighted by molar-refractivity contribution is 7.19. The molecule has 6 heteroatoms. The quantitative estimate of drug-likeness (QED) is 0.534. The number of para-hydroxylation sites is 1. The number of thiophene rings is 2. The van der Waals surface area contributed by atoms with Gasteiger partial charge >= 0.3 is 0 Å². The molecule has 1 aromatic carbocycles. The smallest absolute Gasteiger partial charge is 0.260 e. The number of benzene rings is 1. The van der Waals surface area contributed by atoms with E-state index >= 15 is 0 Å². The van der Waals surface area contributed by atoms with Crippen LogP contribution in [0.1, 0.15) is 22.7 Å². The van der Waals surface area contributed by atoms with Crippen LogP contribution in [-0.4, -0.2) is 16.5 Å². The molecule has 0 spiro atoms. The van der Waals surface area contributed by atoms with Crippen molar-refractivity contribution in [1.82, 2.24) is 9.97 Å². The highest BCUT2D eigenvalue weighted by Crippen LogP contribution is 2.35. The molecule has 0 saturated carbocycles. The maximum Gasteiger partial charge on any atom is 0.260 e. The second kappa shape index (κ2) is 6.62. The predicted molar refractivity (Wildman–Crippen MR) is 114 cm³/mol. The zero-order valence-electron chi connectivity index (χ0n) is 15.0. The summed E-state index contributed by atoms with van der Waals surface area (Å²) in [7, 11) is 0. The first-order valence-corrected chi connectivity index (χ1v) is 10.8. The van der Waals surface area contributed by atoms with Crippen LogP contribution in [0.4, 0.5) is 5.69 Å². The van der Waals surface area contributed by atoms with Crippen molar-refractivity contribution in [2.24, 2.45) is 0 Å². The third-order valence-corrected chi connectivity index (χ3v) is 6.95. The highest BCUT2D eigenvalue weighted by atomic mass is 32.1. The minimum Gasteiger partial charge on any atom is -0.364 e. The van der Waals surface area contributed by atoms with E-state index in [1.807, 2.05) is 0 Å². The van der Waals surface area contributed by atoms with Crippen LogP contribution in [0.5, 0.6) is 0 Å². The molecule has 0 unspecified atom stereocenters. The maximum atomic E-state index is 12.8. The Labute approximate surface area is 165 Å². The summed E-state index contributed by atoms with van der Waals surface area (Å²) >= 11 is 3.26. The Hall–Kier alpha value is -2.44. The first kappa shape index (κ1) is 16.7. The van der Waals surface area contributed by atoms with E-state index in [0.717, 1.165) is 40.5 Å². The first-order valence-electron chi connectivity index (χ1n) is 9.09. The molecule has 0 radical (unpaired) electrons. The molecule has 4 aromatic rings. The van der Waals surface area contributed by atoms with Gasteiger partial charge in [-0.15, -0.1) is 22.7 Å². The van der Waals surface area contributed by atoms with Gasteiger partial charge in [0.05, 0.1) is 11.9 Å². The van der Waals surface area contributed by atoms with Crippen LogP contribution in [0.25, 0.3) is 20.7 Å². The Kier molecular flexibility index (Phi) is 4.10. The van der Waals surface area contributed by atoms with Crippen molar-refractivity contribution in [3.63, 3.8) is 0 Å². The maximum absolute atomic E-state index is 12.8. The molecule has 0 bridgehead atoms. The molecular formula is C21H19N3OS2. The van der Waals surface area contributed by atoms with Crippen molar-refractivity contribution in [2.45, 2.75) is 26.3 Å². The van der Waals surface area contributed by atoms with E-state index in [4.69, 9.17) is 4.98 Å². The second-order valence-corrected chi connectivity index (χ2v) is 9.05. The number of aromatic nitrogens is 2. The van der Waals surface area contributed by atoms with Gasteiger partial charge in [0.25, 0.3) is 5.56 Å². The van der Waals surface area contributed by atoms with Crippen molar-refractivity contribution in [3.05, 3.63) is 68.4 Å². The predicted octanol–water partition coefficient (Wildman–Crippen LogP) is 4.97. The largest absolute Gasteiger partial charge is 0.364 e. The van der Waals surface area contributed by atoms with Crippen molar-refractivity contribution >= 4 is 38.6 Å². The SMILES string of the molecule is Cc1ccc(-c2csc3nc(CN4CCCc5ccccc54)[nH]c(=O)c23)s1. The fraction of sp³-hybridized carbons (Fsp3) is 0.238. The van der Waals surface area contributed by atoms with Crippen LogP contribution < -0.4 is 10.5 Å². The van der Waals surface area contributed by atoms with Crippen molar-refractivity contribution in [1.29, 1.82) is 0 Å².